The normalized spacial score (nSPS) is 30.0. The zero-order valence-corrected chi connectivity index (χ0v) is 8.69. The topological polar surface area (TPSA) is 30.5 Å². The van der Waals surface area contributed by atoms with E-state index in [0.717, 1.165) is 13.0 Å². The largest absolute Gasteiger partial charge is 0.356 e. The van der Waals surface area contributed by atoms with Crippen LogP contribution in [0.25, 0.3) is 0 Å². The second-order valence-electron chi connectivity index (χ2n) is 2.98. The fraction of sp³-hybridized carbons (Fsp3) is 1.00. The SMILES string of the molecule is COC(CC1NCC(C)S1)OC. The predicted octanol–water partition coefficient (Wildman–Crippen LogP) is 1.05. The zero-order valence-electron chi connectivity index (χ0n) is 7.87. The molecule has 72 valence electrons. The van der Waals surface area contributed by atoms with Crippen LogP contribution in [0.1, 0.15) is 13.3 Å². The van der Waals surface area contributed by atoms with Crippen molar-refractivity contribution in [3.8, 4) is 0 Å². The van der Waals surface area contributed by atoms with Crippen LogP contribution in [0.2, 0.25) is 0 Å². The number of methoxy groups -OCH3 is 2. The Kier molecular flexibility index (Phi) is 4.35. The molecule has 1 N–H and O–H groups in total. The number of thioether (sulfide) groups is 1. The summed E-state index contributed by atoms with van der Waals surface area (Å²) in [6.07, 6.45) is 0.849. The molecule has 2 atom stereocenters. The molecule has 0 aromatic heterocycles. The van der Waals surface area contributed by atoms with Crippen molar-refractivity contribution < 1.29 is 9.47 Å². The van der Waals surface area contributed by atoms with Crippen LogP contribution in [-0.4, -0.2) is 37.7 Å². The summed E-state index contributed by atoms with van der Waals surface area (Å²) in [5, 5.41) is 4.61. The zero-order chi connectivity index (χ0) is 8.97. The minimum atomic E-state index is -0.0692. The van der Waals surface area contributed by atoms with Crippen LogP contribution in [0.5, 0.6) is 0 Å². The summed E-state index contributed by atoms with van der Waals surface area (Å²) in [5.74, 6) is 0. The van der Waals surface area contributed by atoms with E-state index in [2.05, 4.69) is 12.2 Å². The van der Waals surface area contributed by atoms with E-state index in [1.165, 1.54) is 0 Å². The third-order valence-corrected chi connectivity index (χ3v) is 3.28. The van der Waals surface area contributed by atoms with Crippen LogP contribution in [-0.2, 0) is 9.47 Å². The van der Waals surface area contributed by atoms with Crippen molar-refractivity contribution in [3.63, 3.8) is 0 Å². The highest BCUT2D eigenvalue weighted by Crippen LogP contribution is 2.25. The average Bonchev–Trinajstić information content (AvgIpc) is 2.47. The number of ether oxygens (including phenoxy) is 2. The Hall–Kier alpha value is 0.230. The molecule has 0 bridgehead atoms. The Labute approximate surface area is 78.2 Å². The molecule has 1 fully saturated rings. The molecule has 12 heavy (non-hydrogen) atoms. The van der Waals surface area contributed by atoms with E-state index in [4.69, 9.17) is 9.47 Å². The number of hydrogen-bond acceptors (Lipinski definition) is 4. The van der Waals surface area contributed by atoms with Gasteiger partial charge >= 0.3 is 0 Å². The summed E-state index contributed by atoms with van der Waals surface area (Å²) < 4.78 is 10.2. The van der Waals surface area contributed by atoms with E-state index in [1.807, 2.05) is 11.8 Å². The molecule has 4 heteroatoms. The third-order valence-electron chi connectivity index (χ3n) is 1.96. The molecule has 0 aromatic rings. The van der Waals surface area contributed by atoms with Crippen molar-refractivity contribution in [2.24, 2.45) is 0 Å². The fourth-order valence-electron chi connectivity index (χ4n) is 1.28. The smallest absolute Gasteiger partial charge is 0.159 e. The molecule has 1 heterocycles. The minimum Gasteiger partial charge on any atom is -0.356 e. The lowest BCUT2D eigenvalue weighted by Crippen LogP contribution is -2.27. The van der Waals surface area contributed by atoms with E-state index in [0.29, 0.717) is 10.6 Å². The van der Waals surface area contributed by atoms with Gasteiger partial charge in [-0.1, -0.05) is 6.92 Å². The standard InChI is InChI=1S/C8H17NO2S/c1-6-5-9-7(12-6)4-8(10-2)11-3/h6-9H,4-5H2,1-3H3. The Bertz CT molecular complexity index is 130. The summed E-state index contributed by atoms with van der Waals surface area (Å²) in [6.45, 7) is 3.32. The maximum absolute atomic E-state index is 5.12. The number of hydrogen-bond donors (Lipinski definition) is 1. The van der Waals surface area contributed by atoms with E-state index in [9.17, 15) is 0 Å². The van der Waals surface area contributed by atoms with Gasteiger partial charge in [-0.05, 0) is 0 Å². The highest BCUT2D eigenvalue weighted by atomic mass is 32.2. The quantitative estimate of drug-likeness (QED) is 0.673. The first kappa shape index (κ1) is 10.3. The maximum Gasteiger partial charge on any atom is 0.159 e. The number of nitrogens with one attached hydrogen (secondary N) is 1. The molecular formula is C8H17NO2S. The molecule has 2 unspecified atom stereocenters. The van der Waals surface area contributed by atoms with Gasteiger partial charge in [-0.15, -0.1) is 11.8 Å². The molecule has 1 aliphatic heterocycles. The van der Waals surface area contributed by atoms with Crippen molar-refractivity contribution in [2.75, 3.05) is 20.8 Å². The van der Waals surface area contributed by atoms with E-state index < -0.39 is 0 Å². The first-order valence-corrected chi connectivity index (χ1v) is 5.15. The van der Waals surface area contributed by atoms with Gasteiger partial charge in [0.2, 0.25) is 0 Å². The Balaban J connectivity index is 2.21. The van der Waals surface area contributed by atoms with Gasteiger partial charge < -0.3 is 14.8 Å². The lowest BCUT2D eigenvalue weighted by Gasteiger charge is -2.17. The van der Waals surface area contributed by atoms with Gasteiger partial charge in [0.25, 0.3) is 0 Å². The first-order chi connectivity index (χ1) is 5.76. The molecule has 0 radical (unpaired) electrons. The average molecular weight is 191 g/mol. The van der Waals surface area contributed by atoms with Gasteiger partial charge in [-0.3, -0.25) is 0 Å². The maximum atomic E-state index is 5.12. The predicted molar refractivity (Wildman–Crippen MR) is 51.3 cm³/mol. The Morgan fingerprint density at radius 3 is 2.58 bits per heavy atom. The van der Waals surface area contributed by atoms with Crippen LogP contribution in [0, 0.1) is 0 Å². The van der Waals surface area contributed by atoms with Crippen molar-refractivity contribution in [1.82, 2.24) is 5.32 Å². The monoisotopic (exact) mass is 191 g/mol. The summed E-state index contributed by atoms with van der Waals surface area (Å²) in [4.78, 5) is 0. The molecule has 1 rings (SSSR count). The fourth-order valence-corrected chi connectivity index (χ4v) is 2.49. The molecular weight excluding hydrogens is 174 g/mol. The summed E-state index contributed by atoms with van der Waals surface area (Å²) in [6, 6.07) is 0. The lowest BCUT2D eigenvalue weighted by molar-refractivity contribution is -0.106. The molecule has 1 aliphatic rings. The van der Waals surface area contributed by atoms with Gasteiger partial charge in [0.1, 0.15) is 0 Å². The molecule has 1 saturated heterocycles. The van der Waals surface area contributed by atoms with Crippen molar-refractivity contribution >= 4 is 11.8 Å². The Morgan fingerprint density at radius 2 is 2.17 bits per heavy atom. The van der Waals surface area contributed by atoms with Crippen molar-refractivity contribution in [1.29, 1.82) is 0 Å². The van der Waals surface area contributed by atoms with E-state index in [-0.39, 0.29) is 6.29 Å². The second-order valence-corrected chi connectivity index (χ2v) is 4.63. The van der Waals surface area contributed by atoms with Crippen LogP contribution in [0.4, 0.5) is 0 Å². The van der Waals surface area contributed by atoms with E-state index in [1.54, 1.807) is 14.2 Å². The highest BCUT2D eigenvalue weighted by Gasteiger charge is 2.23. The number of rotatable bonds is 4. The van der Waals surface area contributed by atoms with Crippen LogP contribution >= 0.6 is 11.8 Å². The molecule has 3 nitrogen and oxygen atoms in total. The van der Waals surface area contributed by atoms with Gasteiger partial charge in [0.15, 0.2) is 6.29 Å². The van der Waals surface area contributed by atoms with Crippen LogP contribution in [0.3, 0.4) is 0 Å². The van der Waals surface area contributed by atoms with E-state index >= 15 is 0 Å². The van der Waals surface area contributed by atoms with Crippen LogP contribution in [0.15, 0.2) is 0 Å². The summed E-state index contributed by atoms with van der Waals surface area (Å²) in [7, 11) is 3.36. The van der Waals surface area contributed by atoms with Crippen molar-refractivity contribution in [2.45, 2.75) is 30.3 Å². The summed E-state index contributed by atoms with van der Waals surface area (Å²) in [5.41, 5.74) is 0. The molecule has 0 amide bonds. The van der Waals surface area contributed by atoms with Gasteiger partial charge in [0, 0.05) is 32.4 Å². The summed E-state index contributed by atoms with van der Waals surface area (Å²) >= 11 is 1.95. The van der Waals surface area contributed by atoms with Gasteiger partial charge in [-0.2, -0.15) is 0 Å². The molecule has 0 aliphatic carbocycles. The Morgan fingerprint density at radius 1 is 1.50 bits per heavy atom. The second kappa shape index (κ2) is 5.07. The van der Waals surface area contributed by atoms with Gasteiger partial charge in [0.05, 0.1) is 5.37 Å². The lowest BCUT2D eigenvalue weighted by atomic mass is 10.4. The third kappa shape index (κ3) is 2.94. The highest BCUT2D eigenvalue weighted by molar-refractivity contribution is 8.00. The molecule has 0 saturated carbocycles. The first-order valence-electron chi connectivity index (χ1n) is 4.20. The minimum absolute atomic E-state index is 0.0692. The molecule has 0 aromatic carbocycles. The molecule has 0 spiro atoms. The van der Waals surface area contributed by atoms with Crippen LogP contribution < -0.4 is 5.32 Å². The van der Waals surface area contributed by atoms with Crippen molar-refractivity contribution in [3.05, 3.63) is 0 Å². The van der Waals surface area contributed by atoms with Gasteiger partial charge in [-0.25, -0.2) is 0 Å².